The van der Waals surface area contributed by atoms with Crippen LogP contribution in [0.4, 0.5) is 29.2 Å². The van der Waals surface area contributed by atoms with Gasteiger partial charge in [0.25, 0.3) is 11.8 Å². The van der Waals surface area contributed by atoms with Crippen molar-refractivity contribution < 1.29 is 46.2 Å². The third kappa shape index (κ3) is 8.20. The normalized spacial score (nSPS) is 19.9. The fourth-order valence-corrected chi connectivity index (χ4v) is 8.61. The summed E-state index contributed by atoms with van der Waals surface area (Å²) in [7, 11) is 2.85. The smallest absolute Gasteiger partial charge is 0.423 e. The van der Waals surface area contributed by atoms with E-state index in [2.05, 4.69) is 36.9 Å². The van der Waals surface area contributed by atoms with E-state index in [4.69, 9.17) is 22.1 Å². The number of piperidine rings is 2. The Bertz CT molecular complexity index is 2390. The van der Waals surface area contributed by atoms with E-state index in [1.54, 1.807) is 19.2 Å². The van der Waals surface area contributed by atoms with Crippen LogP contribution in [0, 0.1) is 5.82 Å². The number of hydrogen-bond donors (Lipinski definition) is 4. The Kier molecular flexibility index (Phi) is 11.2. The van der Waals surface area contributed by atoms with Crippen LogP contribution in [0.3, 0.4) is 0 Å². The third-order valence-electron chi connectivity index (χ3n) is 11.2. The molecule has 14 nitrogen and oxygen atoms in total. The van der Waals surface area contributed by atoms with E-state index in [1.165, 1.54) is 24.1 Å². The highest BCUT2D eigenvalue weighted by molar-refractivity contribution is 7.80. The van der Waals surface area contributed by atoms with Crippen molar-refractivity contribution in [1.82, 2.24) is 35.3 Å². The maximum absolute atomic E-state index is 15.6. The Balaban J connectivity index is 0.895. The number of benzene rings is 3. The number of aromatic nitrogens is 2. The summed E-state index contributed by atoms with van der Waals surface area (Å²) in [6, 6.07) is 12.3. The molecule has 0 spiro atoms. The zero-order chi connectivity index (χ0) is 42.5. The Labute approximate surface area is 347 Å². The fraction of sp³-hybridized carbons (Fsp3) is 0.366. The molecule has 5 heterocycles. The minimum absolute atomic E-state index is 0.00402. The van der Waals surface area contributed by atoms with Gasteiger partial charge in [0.1, 0.15) is 22.9 Å². The Morgan fingerprint density at radius 1 is 1.02 bits per heavy atom. The van der Waals surface area contributed by atoms with Crippen LogP contribution < -0.4 is 25.4 Å². The second-order valence-corrected chi connectivity index (χ2v) is 15.7. The van der Waals surface area contributed by atoms with Gasteiger partial charge in [0, 0.05) is 64.5 Å². The van der Waals surface area contributed by atoms with Crippen molar-refractivity contribution in [3.63, 3.8) is 0 Å². The first-order chi connectivity index (χ1) is 28.7. The van der Waals surface area contributed by atoms with E-state index in [0.717, 1.165) is 22.8 Å². The van der Waals surface area contributed by atoms with Crippen molar-refractivity contribution in [3.05, 3.63) is 99.5 Å². The summed E-state index contributed by atoms with van der Waals surface area (Å²) in [6.45, 7) is 2.83. The van der Waals surface area contributed by atoms with Crippen LogP contribution in [0.5, 0.6) is 17.4 Å². The summed E-state index contributed by atoms with van der Waals surface area (Å²) >= 11 is 4.78. The molecule has 0 aliphatic carbocycles. The average molecular weight is 849 g/mol. The summed E-state index contributed by atoms with van der Waals surface area (Å²) < 4.78 is 68.7. The minimum atomic E-state index is -4.91. The first-order valence-electron chi connectivity index (χ1n) is 19.2. The van der Waals surface area contributed by atoms with E-state index in [0.29, 0.717) is 63.6 Å². The van der Waals surface area contributed by atoms with E-state index < -0.39 is 47.2 Å². The van der Waals surface area contributed by atoms with Crippen molar-refractivity contribution in [2.75, 3.05) is 32.6 Å². The quantitative estimate of drug-likeness (QED) is 0.0881. The highest BCUT2D eigenvalue weighted by Gasteiger charge is 2.40. The average Bonchev–Trinajstić information content (AvgIpc) is 3.69. The standard InChI is InChI=1S/C41H40F4N8O6S/c1-51-19-22-4-3-5-31(34(22)38(51)57)59-37-27(41(43,44)45)17-46-40(50-37)48-29-16-28(42)26(15-32(29)58-2)35(55)47-24-10-12-52(13-11-24)18-21-6-7-25-23(14-21)20-53(39(25)60)30-8-9-33(54)49-36(30)56/h3-7,14-17,24,30,39,60H,8-13,18-20H2,1-2H3,(H,47,55)(H,46,48,50)(H,49,54,56). The number of carbonyl (C=O) groups excluding carboxylic acids is 4. The Morgan fingerprint density at radius 2 is 1.80 bits per heavy atom. The molecule has 3 N–H and O–H groups in total. The van der Waals surface area contributed by atoms with E-state index in [9.17, 15) is 32.3 Å². The first-order valence-corrected chi connectivity index (χ1v) is 19.7. The molecule has 2 unspecified atom stereocenters. The molecule has 4 aromatic rings. The van der Waals surface area contributed by atoms with Crippen molar-refractivity contribution in [2.24, 2.45) is 0 Å². The largest absolute Gasteiger partial charge is 0.495 e. The number of carbonyl (C=O) groups is 4. The summed E-state index contributed by atoms with van der Waals surface area (Å²) in [6.07, 6.45) is -2.42. The predicted molar refractivity (Wildman–Crippen MR) is 211 cm³/mol. The molecule has 0 radical (unpaired) electrons. The number of methoxy groups -OCH3 is 1. The topological polar surface area (TPSA) is 158 Å². The van der Waals surface area contributed by atoms with E-state index >= 15 is 4.39 Å². The molecule has 8 rings (SSSR count). The molecule has 2 fully saturated rings. The number of hydrogen-bond acceptors (Lipinski definition) is 12. The van der Waals surface area contributed by atoms with Gasteiger partial charge in [-0.15, -0.1) is 0 Å². The molecule has 3 aromatic carbocycles. The molecule has 0 saturated carbocycles. The van der Waals surface area contributed by atoms with Crippen LogP contribution in [0.25, 0.3) is 0 Å². The second-order valence-electron chi connectivity index (χ2n) is 15.2. The number of halogens is 4. The molecule has 314 valence electrons. The van der Waals surface area contributed by atoms with Crippen LogP contribution in [0.2, 0.25) is 0 Å². The van der Waals surface area contributed by atoms with Crippen molar-refractivity contribution >= 4 is 47.9 Å². The van der Waals surface area contributed by atoms with Gasteiger partial charge >= 0.3 is 6.18 Å². The zero-order valence-electron chi connectivity index (χ0n) is 32.4. The molecule has 1 aromatic heterocycles. The number of nitrogens with one attached hydrogen (secondary N) is 3. The molecule has 2 saturated heterocycles. The third-order valence-corrected chi connectivity index (χ3v) is 11.8. The molecule has 4 amide bonds. The maximum atomic E-state index is 15.6. The van der Waals surface area contributed by atoms with Gasteiger partial charge in [-0.05, 0) is 53.6 Å². The van der Waals surface area contributed by atoms with Gasteiger partial charge in [-0.1, -0.05) is 30.3 Å². The van der Waals surface area contributed by atoms with Crippen LogP contribution in [-0.4, -0.2) is 87.6 Å². The molecular formula is C41H40F4N8O6S. The maximum Gasteiger partial charge on any atom is 0.423 e. The number of alkyl halides is 3. The van der Waals surface area contributed by atoms with Crippen LogP contribution in [-0.2, 0) is 35.4 Å². The summed E-state index contributed by atoms with van der Waals surface area (Å²) in [5, 5.41) is 7.75. The number of likely N-dealkylation sites (tertiary alicyclic amines) is 1. The number of amides is 4. The zero-order valence-corrected chi connectivity index (χ0v) is 33.3. The molecule has 60 heavy (non-hydrogen) atoms. The number of imide groups is 1. The minimum Gasteiger partial charge on any atom is -0.495 e. The molecule has 4 aliphatic rings. The Hall–Kier alpha value is -5.79. The lowest BCUT2D eigenvalue weighted by atomic mass is 10.0. The number of ether oxygens (including phenoxy) is 2. The van der Waals surface area contributed by atoms with Crippen molar-refractivity contribution in [3.8, 4) is 17.4 Å². The number of thiol groups is 1. The Morgan fingerprint density at radius 3 is 2.53 bits per heavy atom. The number of fused-ring (bicyclic) bond motifs is 2. The van der Waals surface area contributed by atoms with Gasteiger partial charge in [-0.25, -0.2) is 9.37 Å². The van der Waals surface area contributed by atoms with Crippen molar-refractivity contribution in [2.45, 2.75) is 69.0 Å². The molecule has 4 aliphatic heterocycles. The highest BCUT2D eigenvalue weighted by Crippen LogP contribution is 2.42. The summed E-state index contributed by atoms with van der Waals surface area (Å²) in [5.74, 6) is -3.94. The lowest BCUT2D eigenvalue weighted by Crippen LogP contribution is -2.51. The molecular weight excluding hydrogens is 809 g/mol. The summed E-state index contributed by atoms with van der Waals surface area (Å²) in [5.41, 5.74) is 2.26. The van der Waals surface area contributed by atoms with Crippen molar-refractivity contribution in [1.29, 1.82) is 0 Å². The van der Waals surface area contributed by atoms with Gasteiger partial charge < -0.3 is 25.0 Å². The van der Waals surface area contributed by atoms with Gasteiger partial charge in [-0.2, -0.15) is 30.8 Å². The van der Waals surface area contributed by atoms with Crippen LogP contribution >= 0.6 is 12.6 Å². The SMILES string of the molecule is COc1cc(C(=O)NC2CCN(Cc3ccc4c(c3)CN(C3CCC(=O)NC3=O)C4S)CC2)c(F)cc1Nc1ncc(C(F)(F)F)c(Oc2cccc3c2C(=O)N(C)C3)n1. The predicted octanol–water partition coefficient (Wildman–Crippen LogP) is 5.71. The molecule has 19 heteroatoms. The van der Waals surface area contributed by atoms with Gasteiger partial charge in [0.05, 0.1) is 35.3 Å². The lowest BCUT2D eigenvalue weighted by molar-refractivity contribution is -0.139. The van der Waals surface area contributed by atoms with Crippen LogP contribution in [0.15, 0.2) is 54.7 Å². The van der Waals surface area contributed by atoms with E-state index in [-0.39, 0.29) is 58.1 Å². The van der Waals surface area contributed by atoms with Gasteiger partial charge in [-0.3, -0.25) is 34.3 Å². The molecule has 0 bridgehead atoms. The number of nitrogens with zero attached hydrogens (tertiary/aromatic N) is 5. The monoisotopic (exact) mass is 848 g/mol. The van der Waals surface area contributed by atoms with Gasteiger partial charge in [0.15, 0.2) is 0 Å². The van der Waals surface area contributed by atoms with Gasteiger partial charge in [0.2, 0.25) is 23.6 Å². The lowest BCUT2D eigenvalue weighted by Gasteiger charge is -2.32. The molecule has 2 atom stereocenters. The fourth-order valence-electron chi connectivity index (χ4n) is 8.12. The van der Waals surface area contributed by atoms with E-state index in [1.807, 2.05) is 17.0 Å². The second kappa shape index (κ2) is 16.3. The van der Waals surface area contributed by atoms with Crippen LogP contribution in [0.1, 0.15) is 79.6 Å². The number of anilines is 2. The number of rotatable bonds is 10. The summed E-state index contributed by atoms with van der Waals surface area (Å²) in [4.78, 5) is 63.7. The highest BCUT2D eigenvalue weighted by atomic mass is 32.1. The first kappa shape index (κ1) is 41.0.